The molecule has 1 heterocycles. The van der Waals surface area contributed by atoms with Crippen molar-refractivity contribution in [3.63, 3.8) is 0 Å². The molecule has 4 rings (SSSR count). The molecule has 1 aromatic carbocycles. The highest BCUT2D eigenvalue weighted by atomic mass is 16.1. The first-order valence-electron chi connectivity index (χ1n) is 9.17. The van der Waals surface area contributed by atoms with Crippen molar-refractivity contribution in [1.29, 1.82) is 0 Å². The molecule has 1 aliphatic heterocycles. The number of piperidine rings is 1. The van der Waals surface area contributed by atoms with Crippen molar-refractivity contribution in [2.24, 2.45) is 11.8 Å². The number of carbonyl (C=O) groups excluding carboxylic acids is 1. The Kier molecular flexibility index (Phi) is 4.04. The first-order chi connectivity index (χ1) is 10.8. The second-order valence-electron chi connectivity index (χ2n) is 7.46. The summed E-state index contributed by atoms with van der Waals surface area (Å²) in [6.07, 6.45) is 8.69. The van der Waals surface area contributed by atoms with Gasteiger partial charge >= 0.3 is 0 Å². The van der Waals surface area contributed by atoms with Gasteiger partial charge in [-0.1, -0.05) is 43.2 Å². The Bertz CT molecular complexity index is 520. The largest absolute Gasteiger partial charge is 0.300 e. The number of benzene rings is 1. The molecular formula is C20H27NO. The molecule has 2 saturated carbocycles. The van der Waals surface area contributed by atoms with Gasteiger partial charge in [-0.15, -0.1) is 0 Å². The van der Waals surface area contributed by atoms with Gasteiger partial charge in [-0.2, -0.15) is 0 Å². The van der Waals surface area contributed by atoms with Crippen LogP contribution in [0, 0.1) is 11.8 Å². The molecule has 3 fully saturated rings. The minimum absolute atomic E-state index is 0.294. The molecule has 0 N–H and O–H groups in total. The maximum absolute atomic E-state index is 13.0. The lowest BCUT2D eigenvalue weighted by Crippen LogP contribution is -2.53. The third kappa shape index (κ3) is 2.52. The van der Waals surface area contributed by atoms with Gasteiger partial charge in [0, 0.05) is 17.9 Å². The van der Waals surface area contributed by atoms with E-state index in [-0.39, 0.29) is 0 Å². The van der Waals surface area contributed by atoms with Crippen LogP contribution in [0.2, 0.25) is 0 Å². The van der Waals surface area contributed by atoms with Gasteiger partial charge in [0.2, 0.25) is 0 Å². The molecule has 1 aromatic rings. The topological polar surface area (TPSA) is 20.3 Å². The lowest BCUT2D eigenvalue weighted by Gasteiger charge is -2.49. The molecule has 0 radical (unpaired) electrons. The second-order valence-corrected chi connectivity index (χ2v) is 7.46. The third-order valence-corrected chi connectivity index (χ3v) is 6.29. The van der Waals surface area contributed by atoms with Gasteiger partial charge in [0.15, 0.2) is 0 Å². The van der Waals surface area contributed by atoms with Crippen LogP contribution in [0.4, 0.5) is 0 Å². The average Bonchev–Trinajstić information content (AvgIpc) is 2.57. The zero-order valence-corrected chi connectivity index (χ0v) is 13.4. The van der Waals surface area contributed by atoms with E-state index in [1.165, 1.54) is 50.8 Å². The van der Waals surface area contributed by atoms with Crippen molar-refractivity contribution in [2.75, 3.05) is 13.1 Å². The fraction of sp³-hybridized carbons (Fsp3) is 0.650. The van der Waals surface area contributed by atoms with Crippen LogP contribution in [0.1, 0.15) is 56.4 Å². The number of carbonyl (C=O) groups is 1. The van der Waals surface area contributed by atoms with E-state index in [1.54, 1.807) is 0 Å². The van der Waals surface area contributed by atoms with Crippen LogP contribution in [-0.2, 0) is 4.79 Å². The van der Waals surface area contributed by atoms with Crippen molar-refractivity contribution in [3.8, 4) is 0 Å². The Hall–Kier alpha value is -1.15. The molecule has 2 bridgehead atoms. The van der Waals surface area contributed by atoms with Crippen LogP contribution < -0.4 is 0 Å². The molecule has 3 aliphatic rings. The van der Waals surface area contributed by atoms with Gasteiger partial charge in [-0.25, -0.2) is 0 Å². The maximum Gasteiger partial charge on any atom is 0.141 e. The van der Waals surface area contributed by atoms with Crippen molar-refractivity contribution < 1.29 is 4.79 Å². The average molecular weight is 297 g/mol. The lowest BCUT2D eigenvalue weighted by atomic mass is 9.61. The van der Waals surface area contributed by atoms with E-state index < -0.39 is 0 Å². The van der Waals surface area contributed by atoms with E-state index >= 15 is 0 Å². The number of rotatable bonds is 2. The van der Waals surface area contributed by atoms with Crippen LogP contribution >= 0.6 is 0 Å². The fourth-order valence-electron chi connectivity index (χ4n) is 5.21. The number of hydrogen-bond acceptors (Lipinski definition) is 2. The monoisotopic (exact) mass is 297 g/mol. The Morgan fingerprint density at radius 2 is 1.55 bits per heavy atom. The SMILES string of the molecule is O=C1[C@H]2CCC[C@H]1[C@H](c1ccccc1)C[C@H]2N1CCCCC1. The molecule has 1 saturated heterocycles. The molecule has 0 aromatic heterocycles. The van der Waals surface area contributed by atoms with Crippen molar-refractivity contribution in [2.45, 2.75) is 56.9 Å². The fourth-order valence-corrected chi connectivity index (χ4v) is 5.21. The Morgan fingerprint density at radius 1 is 0.818 bits per heavy atom. The van der Waals surface area contributed by atoms with Crippen LogP contribution in [0.15, 0.2) is 30.3 Å². The Morgan fingerprint density at radius 3 is 2.32 bits per heavy atom. The number of hydrogen-bond donors (Lipinski definition) is 0. The van der Waals surface area contributed by atoms with Gasteiger partial charge in [-0.05, 0) is 56.7 Å². The second kappa shape index (κ2) is 6.16. The van der Waals surface area contributed by atoms with Gasteiger partial charge in [0.05, 0.1) is 0 Å². The van der Waals surface area contributed by atoms with Crippen LogP contribution in [0.5, 0.6) is 0 Å². The highest BCUT2D eigenvalue weighted by Crippen LogP contribution is 2.47. The molecule has 2 aliphatic carbocycles. The summed E-state index contributed by atoms with van der Waals surface area (Å²) in [6, 6.07) is 11.3. The summed E-state index contributed by atoms with van der Waals surface area (Å²) < 4.78 is 0. The molecule has 0 unspecified atom stereocenters. The number of likely N-dealkylation sites (tertiary alicyclic amines) is 1. The predicted molar refractivity (Wildman–Crippen MR) is 88.9 cm³/mol. The number of Topliss-reactive ketones (excluding diaryl/α,β-unsaturated/α-hetero) is 1. The summed E-state index contributed by atoms with van der Waals surface area (Å²) in [6.45, 7) is 2.42. The minimum atomic E-state index is 0.294. The van der Waals surface area contributed by atoms with Gasteiger partial charge in [0.1, 0.15) is 5.78 Å². The Balaban J connectivity index is 1.63. The maximum atomic E-state index is 13.0. The van der Waals surface area contributed by atoms with Crippen molar-refractivity contribution in [1.82, 2.24) is 4.90 Å². The summed E-state index contributed by atoms with van der Waals surface area (Å²) in [4.78, 5) is 15.7. The standard InChI is InChI=1S/C20H27NO/c22-20-16-10-7-11-17(20)19(21-12-5-2-6-13-21)14-18(16)15-8-3-1-4-9-15/h1,3-4,8-9,16-19H,2,5-7,10-14H2/t16-,17-,18-,19+/m0/s1. The highest BCUT2D eigenvalue weighted by molar-refractivity contribution is 5.86. The van der Waals surface area contributed by atoms with E-state index in [0.29, 0.717) is 29.6 Å². The molecule has 118 valence electrons. The summed E-state index contributed by atoms with van der Waals surface area (Å²) in [5.41, 5.74) is 1.39. The summed E-state index contributed by atoms with van der Waals surface area (Å²) in [7, 11) is 0. The van der Waals surface area contributed by atoms with E-state index in [1.807, 2.05) is 0 Å². The molecule has 22 heavy (non-hydrogen) atoms. The summed E-state index contributed by atoms with van der Waals surface area (Å²) >= 11 is 0. The van der Waals surface area contributed by atoms with Gasteiger partial charge < -0.3 is 0 Å². The quantitative estimate of drug-likeness (QED) is 0.822. The van der Waals surface area contributed by atoms with Crippen molar-refractivity contribution in [3.05, 3.63) is 35.9 Å². The number of fused-ring (bicyclic) bond motifs is 2. The van der Waals surface area contributed by atoms with E-state index in [9.17, 15) is 4.79 Å². The van der Waals surface area contributed by atoms with E-state index in [2.05, 4.69) is 35.2 Å². The molecule has 2 heteroatoms. The van der Waals surface area contributed by atoms with Crippen molar-refractivity contribution >= 4 is 5.78 Å². The number of nitrogens with zero attached hydrogens (tertiary/aromatic N) is 1. The summed E-state index contributed by atoms with van der Waals surface area (Å²) in [5, 5.41) is 0. The van der Waals surface area contributed by atoms with E-state index in [0.717, 1.165) is 12.8 Å². The van der Waals surface area contributed by atoms with E-state index in [4.69, 9.17) is 0 Å². The molecule has 2 nitrogen and oxygen atoms in total. The normalized spacial score (nSPS) is 36.3. The summed E-state index contributed by atoms with van der Waals surface area (Å²) in [5.74, 6) is 1.66. The minimum Gasteiger partial charge on any atom is -0.300 e. The first kappa shape index (κ1) is 14.4. The van der Waals surface area contributed by atoms with Crippen LogP contribution in [0.3, 0.4) is 0 Å². The molecule has 0 spiro atoms. The van der Waals surface area contributed by atoms with Gasteiger partial charge in [-0.3, -0.25) is 9.69 Å². The highest BCUT2D eigenvalue weighted by Gasteiger charge is 2.47. The lowest BCUT2D eigenvalue weighted by molar-refractivity contribution is -0.137. The molecular weight excluding hydrogens is 270 g/mol. The number of ketones is 1. The first-order valence-corrected chi connectivity index (χ1v) is 9.17. The third-order valence-electron chi connectivity index (χ3n) is 6.29. The molecule has 0 amide bonds. The van der Waals surface area contributed by atoms with Crippen LogP contribution in [-0.4, -0.2) is 29.8 Å². The Labute approximate surface area is 133 Å². The smallest absolute Gasteiger partial charge is 0.141 e. The van der Waals surface area contributed by atoms with Crippen LogP contribution in [0.25, 0.3) is 0 Å². The zero-order valence-electron chi connectivity index (χ0n) is 13.4. The predicted octanol–water partition coefficient (Wildman–Crippen LogP) is 4.01. The molecule has 4 atom stereocenters. The zero-order chi connectivity index (χ0) is 14.9. The van der Waals surface area contributed by atoms with Gasteiger partial charge in [0.25, 0.3) is 0 Å².